The summed E-state index contributed by atoms with van der Waals surface area (Å²) in [5.41, 5.74) is 1.47. The SMILES string of the molecule is CCCCCC(=O)Oc1ccc2cc([C@H]3CC[C@H](CC)CC3)ccc2c1. The van der Waals surface area contributed by atoms with Crippen molar-refractivity contribution in [2.45, 2.75) is 77.6 Å². The van der Waals surface area contributed by atoms with E-state index in [0.29, 0.717) is 18.1 Å². The number of hydrogen-bond donors (Lipinski definition) is 0. The zero-order valence-corrected chi connectivity index (χ0v) is 16.3. The molecule has 0 saturated heterocycles. The molecule has 0 radical (unpaired) electrons. The Labute approximate surface area is 157 Å². The molecule has 0 heterocycles. The molecule has 2 nitrogen and oxygen atoms in total. The second-order valence-corrected chi connectivity index (χ2v) is 7.83. The number of esters is 1. The smallest absolute Gasteiger partial charge is 0.311 e. The summed E-state index contributed by atoms with van der Waals surface area (Å²) in [6, 6.07) is 12.8. The van der Waals surface area contributed by atoms with Crippen LogP contribution in [-0.2, 0) is 4.79 Å². The van der Waals surface area contributed by atoms with E-state index in [9.17, 15) is 4.79 Å². The molecule has 0 unspecified atom stereocenters. The maximum absolute atomic E-state index is 11.9. The van der Waals surface area contributed by atoms with Crippen molar-refractivity contribution < 1.29 is 9.53 Å². The highest BCUT2D eigenvalue weighted by molar-refractivity contribution is 5.85. The van der Waals surface area contributed by atoms with Crippen LogP contribution < -0.4 is 4.74 Å². The van der Waals surface area contributed by atoms with Gasteiger partial charge in [-0.1, -0.05) is 57.4 Å². The van der Waals surface area contributed by atoms with Crippen LogP contribution in [0.5, 0.6) is 5.75 Å². The average Bonchev–Trinajstić information content (AvgIpc) is 2.68. The topological polar surface area (TPSA) is 26.3 Å². The molecule has 26 heavy (non-hydrogen) atoms. The lowest BCUT2D eigenvalue weighted by molar-refractivity contribution is -0.134. The monoisotopic (exact) mass is 352 g/mol. The molecule has 2 heteroatoms. The predicted octanol–water partition coefficient (Wildman–Crippen LogP) is 7.01. The van der Waals surface area contributed by atoms with Crippen molar-refractivity contribution in [1.82, 2.24) is 0 Å². The molecular formula is C24H32O2. The van der Waals surface area contributed by atoms with E-state index in [2.05, 4.69) is 38.1 Å². The first-order chi connectivity index (χ1) is 12.7. The maximum Gasteiger partial charge on any atom is 0.311 e. The van der Waals surface area contributed by atoms with Crippen LogP contribution in [-0.4, -0.2) is 5.97 Å². The van der Waals surface area contributed by atoms with Crippen molar-refractivity contribution in [2.75, 3.05) is 0 Å². The molecule has 1 saturated carbocycles. The summed E-state index contributed by atoms with van der Waals surface area (Å²) in [5.74, 6) is 2.18. The fourth-order valence-corrected chi connectivity index (χ4v) is 4.17. The first-order valence-corrected chi connectivity index (χ1v) is 10.4. The molecule has 0 aromatic heterocycles. The van der Waals surface area contributed by atoms with Gasteiger partial charge in [0.2, 0.25) is 0 Å². The van der Waals surface area contributed by atoms with E-state index in [4.69, 9.17) is 4.74 Å². The Morgan fingerprint density at radius 2 is 1.69 bits per heavy atom. The van der Waals surface area contributed by atoms with Crippen LogP contribution in [0.1, 0.15) is 83.1 Å². The van der Waals surface area contributed by atoms with Crippen molar-refractivity contribution in [3.05, 3.63) is 42.0 Å². The summed E-state index contributed by atoms with van der Waals surface area (Å²) < 4.78 is 5.50. The van der Waals surface area contributed by atoms with Gasteiger partial charge in [-0.25, -0.2) is 0 Å². The summed E-state index contributed by atoms with van der Waals surface area (Å²) in [6.45, 7) is 4.45. The lowest BCUT2D eigenvalue weighted by Gasteiger charge is -2.28. The minimum atomic E-state index is -0.123. The molecule has 0 bridgehead atoms. The highest BCUT2D eigenvalue weighted by Crippen LogP contribution is 2.38. The molecule has 1 fully saturated rings. The number of fused-ring (bicyclic) bond motifs is 1. The Hall–Kier alpha value is -1.83. The van der Waals surface area contributed by atoms with Gasteiger partial charge in [-0.3, -0.25) is 4.79 Å². The first kappa shape index (κ1) is 18.9. The minimum absolute atomic E-state index is 0.123. The van der Waals surface area contributed by atoms with E-state index in [1.807, 2.05) is 12.1 Å². The van der Waals surface area contributed by atoms with Crippen molar-refractivity contribution in [3.63, 3.8) is 0 Å². The summed E-state index contributed by atoms with van der Waals surface area (Å²) in [4.78, 5) is 11.9. The van der Waals surface area contributed by atoms with E-state index in [1.165, 1.54) is 43.1 Å². The largest absolute Gasteiger partial charge is 0.427 e. The summed E-state index contributed by atoms with van der Waals surface area (Å²) in [7, 11) is 0. The third kappa shape index (κ3) is 4.87. The van der Waals surface area contributed by atoms with Crippen molar-refractivity contribution >= 4 is 16.7 Å². The molecule has 3 rings (SSSR count). The number of carbonyl (C=O) groups excluding carboxylic acids is 1. The van der Waals surface area contributed by atoms with Crippen LogP contribution in [0.15, 0.2) is 36.4 Å². The first-order valence-electron chi connectivity index (χ1n) is 10.4. The molecule has 1 aliphatic rings. The van der Waals surface area contributed by atoms with Gasteiger partial charge in [-0.2, -0.15) is 0 Å². The van der Waals surface area contributed by atoms with E-state index in [-0.39, 0.29) is 5.97 Å². The van der Waals surface area contributed by atoms with E-state index >= 15 is 0 Å². The molecular weight excluding hydrogens is 320 g/mol. The quantitative estimate of drug-likeness (QED) is 0.304. The van der Waals surface area contributed by atoms with Gasteiger partial charge in [0, 0.05) is 6.42 Å². The van der Waals surface area contributed by atoms with Crippen LogP contribution in [0, 0.1) is 5.92 Å². The van der Waals surface area contributed by atoms with Gasteiger partial charge in [0.15, 0.2) is 0 Å². The van der Waals surface area contributed by atoms with Gasteiger partial charge in [-0.05, 0) is 72.4 Å². The number of benzene rings is 2. The second kappa shape index (κ2) is 9.21. The zero-order valence-electron chi connectivity index (χ0n) is 16.3. The molecule has 2 aromatic rings. The van der Waals surface area contributed by atoms with Gasteiger partial charge >= 0.3 is 5.97 Å². The normalized spacial score (nSPS) is 20.2. The van der Waals surface area contributed by atoms with Crippen LogP contribution >= 0.6 is 0 Å². The summed E-state index contributed by atoms with van der Waals surface area (Å²) in [5, 5.41) is 2.39. The third-order valence-corrected chi connectivity index (χ3v) is 5.95. The van der Waals surface area contributed by atoms with Crippen molar-refractivity contribution in [3.8, 4) is 5.75 Å². The Bertz CT molecular complexity index is 726. The molecule has 1 aliphatic carbocycles. The molecule has 0 atom stereocenters. The third-order valence-electron chi connectivity index (χ3n) is 5.95. The van der Waals surface area contributed by atoms with Crippen LogP contribution in [0.25, 0.3) is 10.8 Å². The number of carbonyl (C=O) groups is 1. The Kier molecular flexibility index (Phi) is 6.71. The molecule has 0 spiro atoms. The lowest BCUT2D eigenvalue weighted by Crippen LogP contribution is -2.12. The number of rotatable bonds is 7. The van der Waals surface area contributed by atoms with Crippen LogP contribution in [0.2, 0.25) is 0 Å². The Morgan fingerprint density at radius 1 is 0.962 bits per heavy atom. The summed E-state index contributed by atoms with van der Waals surface area (Å²) >= 11 is 0. The fraction of sp³-hybridized carbons (Fsp3) is 0.542. The van der Waals surface area contributed by atoms with Gasteiger partial charge in [0.25, 0.3) is 0 Å². The fourth-order valence-electron chi connectivity index (χ4n) is 4.17. The lowest BCUT2D eigenvalue weighted by atomic mass is 9.77. The maximum atomic E-state index is 11.9. The average molecular weight is 353 g/mol. The van der Waals surface area contributed by atoms with E-state index < -0.39 is 0 Å². The molecule has 2 aromatic carbocycles. The zero-order chi connectivity index (χ0) is 18.4. The Morgan fingerprint density at radius 3 is 2.42 bits per heavy atom. The van der Waals surface area contributed by atoms with E-state index in [1.54, 1.807) is 0 Å². The second-order valence-electron chi connectivity index (χ2n) is 7.83. The number of unbranched alkanes of at least 4 members (excludes halogenated alkanes) is 2. The molecule has 140 valence electrons. The van der Waals surface area contributed by atoms with Crippen LogP contribution in [0.3, 0.4) is 0 Å². The highest BCUT2D eigenvalue weighted by Gasteiger charge is 2.21. The highest BCUT2D eigenvalue weighted by atomic mass is 16.5. The molecule has 0 amide bonds. The summed E-state index contributed by atoms with van der Waals surface area (Å²) in [6.07, 6.45) is 10.3. The van der Waals surface area contributed by atoms with Gasteiger partial charge < -0.3 is 4.74 Å². The number of ether oxygens (including phenoxy) is 1. The number of hydrogen-bond acceptors (Lipinski definition) is 2. The molecule has 0 aliphatic heterocycles. The molecule has 0 N–H and O–H groups in total. The van der Waals surface area contributed by atoms with Crippen molar-refractivity contribution in [1.29, 1.82) is 0 Å². The van der Waals surface area contributed by atoms with Crippen LogP contribution in [0.4, 0.5) is 0 Å². The van der Waals surface area contributed by atoms with Gasteiger partial charge in [0.05, 0.1) is 0 Å². The van der Waals surface area contributed by atoms with E-state index in [0.717, 1.165) is 30.6 Å². The van der Waals surface area contributed by atoms with Crippen molar-refractivity contribution in [2.24, 2.45) is 5.92 Å². The van der Waals surface area contributed by atoms with Gasteiger partial charge in [-0.15, -0.1) is 0 Å². The Balaban J connectivity index is 1.65. The predicted molar refractivity (Wildman–Crippen MR) is 109 cm³/mol. The standard InChI is InChI=1S/C24H32O2/c1-3-5-6-7-24(25)26-23-15-14-21-16-20(12-13-22(21)17-23)19-10-8-18(4-2)9-11-19/h12-19H,3-11H2,1-2H3/t18-,19-. The van der Waals surface area contributed by atoms with Gasteiger partial charge in [0.1, 0.15) is 5.75 Å². The minimum Gasteiger partial charge on any atom is -0.427 e.